The Morgan fingerprint density at radius 1 is 1.09 bits per heavy atom. The van der Waals surface area contributed by atoms with Crippen molar-refractivity contribution < 1.29 is 20.1 Å². The van der Waals surface area contributed by atoms with E-state index in [0.29, 0.717) is 43.3 Å². The first-order valence-electron chi connectivity index (χ1n) is 13.8. The van der Waals surface area contributed by atoms with Gasteiger partial charge in [0, 0.05) is 18.3 Å². The Morgan fingerprint density at radius 3 is 2.45 bits per heavy atom. The van der Waals surface area contributed by atoms with E-state index in [9.17, 15) is 20.1 Å². The highest BCUT2D eigenvalue weighted by Crippen LogP contribution is 2.68. The van der Waals surface area contributed by atoms with Gasteiger partial charge in [0.05, 0.1) is 18.8 Å². The van der Waals surface area contributed by atoms with E-state index in [0.717, 1.165) is 25.7 Å². The Kier molecular flexibility index (Phi) is 7.22. The summed E-state index contributed by atoms with van der Waals surface area (Å²) in [7, 11) is 0. The predicted octanol–water partition coefficient (Wildman–Crippen LogP) is 5.00. The van der Waals surface area contributed by atoms with Gasteiger partial charge in [-0.05, 0) is 91.3 Å². The summed E-state index contributed by atoms with van der Waals surface area (Å²) in [6, 6.07) is 0. The molecule has 0 radical (unpaired) electrons. The minimum atomic E-state index is -0.551. The highest BCUT2D eigenvalue weighted by atomic mass is 16.3. The Balaban J connectivity index is 1.63. The van der Waals surface area contributed by atoms with Crippen LogP contribution < -0.4 is 0 Å². The average molecular weight is 461 g/mol. The van der Waals surface area contributed by atoms with Crippen LogP contribution >= 0.6 is 0 Å². The summed E-state index contributed by atoms with van der Waals surface area (Å²) in [4.78, 5) is 12.2. The fraction of sp³-hybridized carbons (Fsp3) is 0.897. The van der Waals surface area contributed by atoms with Gasteiger partial charge >= 0.3 is 0 Å². The van der Waals surface area contributed by atoms with Gasteiger partial charge in [-0.2, -0.15) is 0 Å². The minimum Gasteiger partial charge on any atom is -0.396 e. The SMILES string of the molecule is CCC(C=CC(C)C1CCC2C3C(O)CC4CC(=O)CCC4(C)C3CC(O)C12CO)C(C)C. The van der Waals surface area contributed by atoms with Gasteiger partial charge in [-0.1, -0.05) is 46.8 Å². The maximum atomic E-state index is 12.2. The van der Waals surface area contributed by atoms with Crippen molar-refractivity contribution in [3.63, 3.8) is 0 Å². The molecule has 0 heterocycles. The van der Waals surface area contributed by atoms with Crippen molar-refractivity contribution in [3.05, 3.63) is 12.2 Å². The van der Waals surface area contributed by atoms with Crippen molar-refractivity contribution in [2.45, 2.75) is 98.2 Å². The van der Waals surface area contributed by atoms with Crippen LogP contribution in [-0.2, 0) is 4.79 Å². The molecule has 4 aliphatic carbocycles. The topological polar surface area (TPSA) is 77.8 Å². The quantitative estimate of drug-likeness (QED) is 0.487. The summed E-state index contributed by atoms with van der Waals surface area (Å²) in [6.45, 7) is 11.4. The van der Waals surface area contributed by atoms with Gasteiger partial charge in [-0.15, -0.1) is 0 Å². The number of hydrogen-bond donors (Lipinski definition) is 3. The summed E-state index contributed by atoms with van der Waals surface area (Å²) < 4.78 is 0. The molecular weight excluding hydrogens is 412 g/mol. The second kappa shape index (κ2) is 9.39. The van der Waals surface area contributed by atoms with E-state index in [-0.39, 0.29) is 47.5 Å². The largest absolute Gasteiger partial charge is 0.396 e. The van der Waals surface area contributed by atoms with Crippen molar-refractivity contribution in [2.75, 3.05) is 6.61 Å². The zero-order chi connectivity index (χ0) is 24.1. The highest BCUT2D eigenvalue weighted by Gasteiger charge is 2.67. The fourth-order valence-electron chi connectivity index (χ4n) is 9.25. The van der Waals surface area contributed by atoms with Crippen molar-refractivity contribution in [1.82, 2.24) is 0 Å². The number of rotatable bonds is 6. The van der Waals surface area contributed by atoms with Crippen LogP contribution in [0, 0.1) is 58.2 Å². The van der Waals surface area contributed by atoms with E-state index in [4.69, 9.17) is 0 Å². The Labute approximate surface area is 201 Å². The molecule has 0 amide bonds. The third-order valence-electron chi connectivity index (χ3n) is 11.3. The molecule has 0 aromatic carbocycles. The number of allylic oxidation sites excluding steroid dienone is 2. The number of fused-ring (bicyclic) bond motifs is 5. The van der Waals surface area contributed by atoms with Crippen LogP contribution in [-0.4, -0.2) is 39.9 Å². The summed E-state index contributed by atoms with van der Waals surface area (Å²) in [6.07, 6.45) is 10.3. The van der Waals surface area contributed by atoms with Gasteiger partial charge in [0.15, 0.2) is 0 Å². The normalized spacial score (nSPS) is 47.3. The molecule has 0 spiro atoms. The first-order chi connectivity index (χ1) is 15.6. The number of carbonyl (C=O) groups is 1. The third-order valence-corrected chi connectivity index (χ3v) is 11.3. The van der Waals surface area contributed by atoms with Crippen molar-refractivity contribution >= 4 is 5.78 Å². The third kappa shape index (κ3) is 3.96. The minimum absolute atomic E-state index is 0.00235. The number of Topliss-reactive ketones (excluding diaryl/α,β-unsaturated/α-hetero) is 1. The molecule has 0 bridgehead atoms. The van der Waals surface area contributed by atoms with E-state index >= 15 is 0 Å². The number of carbonyl (C=O) groups excluding carboxylic acids is 1. The first-order valence-corrected chi connectivity index (χ1v) is 13.8. The van der Waals surface area contributed by atoms with E-state index in [2.05, 4.69) is 46.8 Å². The molecule has 4 aliphatic rings. The lowest BCUT2D eigenvalue weighted by Gasteiger charge is -2.63. The van der Waals surface area contributed by atoms with Gasteiger partial charge in [-0.3, -0.25) is 4.79 Å². The van der Waals surface area contributed by atoms with Gasteiger partial charge in [0.2, 0.25) is 0 Å². The van der Waals surface area contributed by atoms with Gasteiger partial charge in [-0.25, -0.2) is 0 Å². The molecule has 4 rings (SSSR count). The van der Waals surface area contributed by atoms with E-state index in [1.54, 1.807) is 0 Å². The van der Waals surface area contributed by atoms with E-state index < -0.39 is 17.6 Å². The van der Waals surface area contributed by atoms with Gasteiger partial charge < -0.3 is 15.3 Å². The van der Waals surface area contributed by atoms with Crippen LogP contribution in [0.3, 0.4) is 0 Å². The van der Waals surface area contributed by atoms with Crippen molar-refractivity contribution in [3.8, 4) is 0 Å². The van der Waals surface area contributed by atoms with Crippen LogP contribution in [0.25, 0.3) is 0 Å². The molecule has 0 aliphatic heterocycles. The Morgan fingerprint density at radius 2 is 1.82 bits per heavy atom. The van der Waals surface area contributed by atoms with Crippen LogP contribution in [0.15, 0.2) is 12.2 Å². The smallest absolute Gasteiger partial charge is 0.133 e. The summed E-state index contributed by atoms with van der Waals surface area (Å²) in [5, 5.41) is 34.0. The number of hydrogen-bond acceptors (Lipinski definition) is 4. The lowest BCUT2D eigenvalue weighted by molar-refractivity contribution is -0.213. The van der Waals surface area contributed by atoms with Crippen LogP contribution in [0.1, 0.15) is 86.0 Å². The molecule has 188 valence electrons. The van der Waals surface area contributed by atoms with Crippen molar-refractivity contribution in [2.24, 2.45) is 58.2 Å². The maximum Gasteiger partial charge on any atom is 0.133 e. The second-order valence-corrected chi connectivity index (χ2v) is 12.8. The van der Waals surface area contributed by atoms with Gasteiger partial charge in [0.25, 0.3) is 0 Å². The average Bonchev–Trinajstić information content (AvgIpc) is 3.16. The molecule has 0 aromatic rings. The standard InChI is InChI=1S/C29H48O4/c1-6-19(17(2)3)8-7-18(4)22-9-10-23-27-24(15-26(33)29(22,23)16-30)28(5)12-11-21(31)13-20(28)14-25(27)32/h7-8,17-20,22-27,30,32-33H,6,9-16H2,1-5H3. The molecule has 4 nitrogen and oxygen atoms in total. The van der Waals surface area contributed by atoms with Crippen LogP contribution in [0.5, 0.6) is 0 Å². The fourth-order valence-corrected chi connectivity index (χ4v) is 9.25. The molecule has 4 heteroatoms. The molecule has 0 saturated heterocycles. The molecular formula is C29H48O4. The lowest BCUT2D eigenvalue weighted by atomic mass is 9.43. The maximum absolute atomic E-state index is 12.2. The van der Waals surface area contributed by atoms with E-state index in [1.165, 1.54) is 0 Å². The molecule has 4 saturated carbocycles. The zero-order valence-corrected chi connectivity index (χ0v) is 21.5. The van der Waals surface area contributed by atoms with E-state index in [1.807, 2.05) is 0 Å². The molecule has 33 heavy (non-hydrogen) atoms. The van der Waals surface area contributed by atoms with Crippen LogP contribution in [0.4, 0.5) is 0 Å². The van der Waals surface area contributed by atoms with Crippen LogP contribution in [0.2, 0.25) is 0 Å². The van der Waals surface area contributed by atoms with Gasteiger partial charge in [0.1, 0.15) is 5.78 Å². The summed E-state index contributed by atoms with van der Waals surface area (Å²) in [5.41, 5.74) is -0.519. The monoisotopic (exact) mass is 460 g/mol. The molecule has 4 fully saturated rings. The lowest BCUT2D eigenvalue weighted by Crippen LogP contribution is -2.63. The number of aliphatic hydroxyl groups is 3. The predicted molar refractivity (Wildman–Crippen MR) is 131 cm³/mol. The Hall–Kier alpha value is -0.710. The molecule has 11 unspecified atom stereocenters. The number of ketones is 1. The summed E-state index contributed by atoms with van der Waals surface area (Å²) in [5.74, 6) is 2.74. The number of aliphatic hydroxyl groups excluding tert-OH is 3. The molecule has 3 N–H and O–H groups in total. The molecule has 0 aromatic heterocycles. The summed E-state index contributed by atoms with van der Waals surface area (Å²) >= 11 is 0. The first kappa shape index (κ1) is 25.4. The Bertz CT molecular complexity index is 746. The highest BCUT2D eigenvalue weighted by molar-refractivity contribution is 5.79. The second-order valence-electron chi connectivity index (χ2n) is 12.8. The van der Waals surface area contributed by atoms with Crippen molar-refractivity contribution in [1.29, 1.82) is 0 Å². The zero-order valence-electron chi connectivity index (χ0n) is 21.5. The molecule has 11 atom stereocenters.